The third-order valence-electron chi connectivity index (χ3n) is 3.91. The molecule has 2 aromatic carbocycles. The Balaban J connectivity index is 2.12. The molecule has 0 amide bonds. The van der Waals surface area contributed by atoms with Crippen molar-refractivity contribution in [3.8, 4) is 17.2 Å². The zero-order valence-electron chi connectivity index (χ0n) is 14.7. The SMILES string of the molecule is COc1cc(C(=O)CC(N)Cc2ccc(N)cc2)cc(OC)c1OC. The first-order chi connectivity index (χ1) is 12.0. The van der Waals surface area contributed by atoms with Gasteiger partial charge in [-0.05, 0) is 36.2 Å². The van der Waals surface area contributed by atoms with E-state index in [0.29, 0.717) is 34.9 Å². The molecule has 0 aromatic heterocycles. The predicted octanol–water partition coefficient (Wildman–Crippen LogP) is 2.44. The van der Waals surface area contributed by atoms with E-state index < -0.39 is 0 Å². The van der Waals surface area contributed by atoms with Crippen molar-refractivity contribution in [2.45, 2.75) is 18.9 Å². The smallest absolute Gasteiger partial charge is 0.203 e. The lowest BCUT2D eigenvalue weighted by atomic mass is 9.98. The number of benzene rings is 2. The van der Waals surface area contributed by atoms with Gasteiger partial charge in [0.2, 0.25) is 5.75 Å². The van der Waals surface area contributed by atoms with Crippen LogP contribution in [0.2, 0.25) is 0 Å². The minimum atomic E-state index is -0.296. The molecule has 0 saturated carbocycles. The summed E-state index contributed by atoms with van der Waals surface area (Å²) in [7, 11) is 4.54. The number of rotatable bonds is 8. The number of ether oxygens (including phenoxy) is 3. The van der Waals surface area contributed by atoms with Crippen LogP contribution >= 0.6 is 0 Å². The van der Waals surface area contributed by atoms with Crippen LogP contribution in [0.5, 0.6) is 17.2 Å². The summed E-state index contributed by atoms with van der Waals surface area (Å²) < 4.78 is 15.8. The maximum Gasteiger partial charge on any atom is 0.203 e. The number of nitrogens with two attached hydrogens (primary N) is 2. The molecule has 1 unspecified atom stereocenters. The molecule has 25 heavy (non-hydrogen) atoms. The molecule has 6 nitrogen and oxygen atoms in total. The third kappa shape index (κ3) is 4.64. The van der Waals surface area contributed by atoms with E-state index in [0.717, 1.165) is 5.56 Å². The van der Waals surface area contributed by atoms with Crippen LogP contribution < -0.4 is 25.7 Å². The summed E-state index contributed by atoms with van der Waals surface area (Å²) in [5.41, 5.74) is 14.0. The summed E-state index contributed by atoms with van der Waals surface area (Å²) >= 11 is 0. The molecule has 0 radical (unpaired) electrons. The number of hydrogen-bond acceptors (Lipinski definition) is 6. The standard InChI is InChI=1S/C19H24N2O4/c1-23-17-9-13(10-18(24-2)19(17)25-3)16(22)11-15(21)8-12-4-6-14(20)7-5-12/h4-7,9-10,15H,8,11,20-21H2,1-3H3. The Morgan fingerprint density at radius 2 is 1.56 bits per heavy atom. The topological polar surface area (TPSA) is 96.8 Å². The number of hydrogen-bond donors (Lipinski definition) is 2. The quantitative estimate of drug-likeness (QED) is 0.564. The Kier molecular flexibility index (Phi) is 6.25. The monoisotopic (exact) mass is 344 g/mol. The molecule has 1 atom stereocenters. The van der Waals surface area contributed by atoms with Crippen LogP contribution in [-0.2, 0) is 6.42 Å². The van der Waals surface area contributed by atoms with E-state index in [-0.39, 0.29) is 18.2 Å². The van der Waals surface area contributed by atoms with Gasteiger partial charge in [-0.15, -0.1) is 0 Å². The minimum Gasteiger partial charge on any atom is -0.493 e. The van der Waals surface area contributed by atoms with Crippen LogP contribution in [0.3, 0.4) is 0 Å². The number of methoxy groups -OCH3 is 3. The van der Waals surface area contributed by atoms with Crippen LogP contribution in [0, 0.1) is 0 Å². The van der Waals surface area contributed by atoms with Gasteiger partial charge in [0.1, 0.15) is 0 Å². The van der Waals surface area contributed by atoms with Crippen LogP contribution in [0.25, 0.3) is 0 Å². The average Bonchev–Trinajstić information content (AvgIpc) is 2.62. The number of nitrogen functional groups attached to an aromatic ring is 1. The Bertz CT molecular complexity index is 704. The Labute approximate surface area is 147 Å². The minimum absolute atomic E-state index is 0.0813. The number of anilines is 1. The highest BCUT2D eigenvalue weighted by Crippen LogP contribution is 2.38. The normalized spacial score (nSPS) is 11.7. The van der Waals surface area contributed by atoms with Crippen molar-refractivity contribution in [3.05, 3.63) is 47.5 Å². The molecule has 4 N–H and O–H groups in total. The number of ketones is 1. The number of Topliss-reactive ketones (excluding diaryl/α,β-unsaturated/α-hetero) is 1. The highest BCUT2D eigenvalue weighted by Gasteiger charge is 2.18. The Morgan fingerprint density at radius 1 is 1.00 bits per heavy atom. The molecular weight excluding hydrogens is 320 g/mol. The summed E-state index contributed by atoms with van der Waals surface area (Å²) in [5.74, 6) is 1.25. The van der Waals surface area contributed by atoms with Gasteiger partial charge in [-0.1, -0.05) is 12.1 Å². The molecule has 6 heteroatoms. The largest absolute Gasteiger partial charge is 0.493 e. The lowest BCUT2D eigenvalue weighted by Crippen LogP contribution is -2.26. The van der Waals surface area contributed by atoms with Crippen molar-refractivity contribution in [1.29, 1.82) is 0 Å². The molecule has 0 aliphatic heterocycles. The Morgan fingerprint density at radius 3 is 2.04 bits per heavy atom. The second kappa shape index (κ2) is 8.39. The second-order valence-electron chi connectivity index (χ2n) is 5.75. The van der Waals surface area contributed by atoms with Crippen molar-refractivity contribution in [2.24, 2.45) is 5.73 Å². The van der Waals surface area contributed by atoms with Crippen molar-refractivity contribution < 1.29 is 19.0 Å². The molecule has 2 aromatic rings. The van der Waals surface area contributed by atoms with Gasteiger partial charge >= 0.3 is 0 Å². The molecule has 0 spiro atoms. The van der Waals surface area contributed by atoms with Gasteiger partial charge in [0.05, 0.1) is 21.3 Å². The molecule has 0 aliphatic rings. The van der Waals surface area contributed by atoms with Crippen LogP contribution in [0.15, 0.2) is 36.4 Å². The van der Waals surface area contributed by atoms with Crippen LogP contribution in [0.4, 0.5) is 5.69 Å². The fourth-order valence-electron chi connectivity index (χ4n) is 2.63. The zero-order chi connectivity index (χ0) is 18.4. The fraction of sp³-hybridized carbons (Fsp3) is 0.316. The van der Waals surface area contributed by atoms with Gasteiger partial charge in [0.25, 0.3) is 0 Å². The lowest BCUT2D eigenvalue weighted by molar-refractivity contribution is 0.0973. The first-order valence-electron chi connectivity index (χ1n) is 7.91. The molecular formula is C19H24N2O4. The van der Waals surface area contributed by atoms with Crippen molar-refractivity contribution in [2.75, 3.05) is 27.1 Å². The number of carbonyl (C=O) groups is 1. The first kappa shape index (κ1) is 18.6. The van der Waals surface area contributed by atoms with E-state index in [1.165, 1.54) is 21.3 Å². The molecule has 134 valence electrons. The summed E-state index contributed by atoms with van der Waals surface area (Å²) in [6.07, 6.45) is 0.805. The van der Waals surface area contributed by atoms with E-state index in [9.17, 15) is 4.79 Å². The maximum atomic E-state index is 12.6. The summed E-state index contributed by atoms with van der Waals surface area (Å²) in [5, 5.41) is 0. The fourth-order valence-corrected chi connectivity index (χ4v) is 2.63. The predicted molar refractivity (Wildman–Crippen MR) is 97.6 cm³/mol. The molecule has 0 bridgehead atoms. The molecule has 0 aliphatic carbocycles. The van der Waals surface area contributed by atoms with Crippen molar-refractivity contribution in [3.63, 3.8) is 0 Å². The second-order valence-corrected chi connectivity index (χ2v) is 5.75. The highest BCUT2D eigenvalue weighted by molar-refractivity contribution is 5.97. The molecule has 0 heterocycles. The van der Waals surface area contributed by atoms with Gasteiger partial charge in [-0.2, -0.15) is 0 Å². The number of carbonyl (C=O) groups excluding carboxylic acids is 1. The first-order valence-corrected chi connectivity index (χ1v) is 7.91. The lowest BCUT2D eigenvalue weighted by Gasteiger charge is -2.15. The van der Waals surface area contributed by atoms with Gasteiger partial charge in [-0.3, -0.25) is 4.79 Å². The molecule has 2 rings (SSSR count). The van der Waals surface area contributed by atoms with Crippen LogP contribution in [0.1, 0.15) is 22.3 Å². The Hall–Kier alpha value is -2.73. The van der Waals surface area contributed by atoms with Gasteiger partial charge in [0.15, 0.2) is 17.3 Å². The molecule has 0 fully saturated rings. The summed E-state index contributed by atoms with van der Waals surface area (Å²) in [6.45, 7) is 0. The van der Waals surface area contributed by atoms with E-state index in [1.807, 2.05) is 24.3 Å². The van der Waals surface area contributed by atoms with E-state index in [2.05, 4.69) is 0 Å². The van der Waals surface area contributed by atoms with E-state index in [4.69, 9.17) is 25.7 Å². The maximum absolute atomic E-state index is 12.6. The third-order valence-corrected chi connectivity index (χ3v) is 3.91. The van der Waals surface area contributed by atoms with E-state index in [1.54, 1.807) is 12.1 Å². The highest BCUT2D eigenvalue weighted by atomic mass is 16.5. The van der Waals surface area contributed by atoms with Gasteiger partial charge in [-0.25, -0.2) is 0 Å². The van der Waals surface area contributed by atoms with Crippen LogP contribution in [-0.4, -0.2) is 33.2 Å². The van der Waals surface area contributed by atoms with Gasteiger partial charge in [0, 0.05) is 23.7 Å². The summed E-state index contributed by atoms with van der Waals surface area (Å²) in [4.78, 5) is 12.6. The summed E-state index contributed by atoms with van der Waals surface area (Å²) in [6, 6.07) is 10.5. The van der Waals surface area contributed by atoms with E-state index >= 15 is 0 Å². The van der Waals surface area contributed by atoms with Gasteiger partial charge < -0.3 is 25.7 Å². The average molecular weight is 344 g/mol. The van der Waals surface area contributed by atoms with Crippen molar-refractivity contribution in [1.82, 2.24) is 0 Å². The molecule has 0 saturated heterocycles. The zero-order valence-corrected chi connectivity index (χ0v) is 14.7. The van der Waals surface area contributed by atoms with Crippen molar-refractivity contribution >= 4 is 11.5 Å².